The summed E-state index contributed by atoms with van der Waals surface area (Å²) in [6.45, 7) is 5.04. The Kier molecular flexibility index (Phi) is 5.61. The van der Waals surface area contributed by atoms with Gasteiger partial charge in [0.05, 0.1) is 4.90 Å². The number of hydrogen-bond acceptors (Lipinski definition) is 3. The summed E-state index contributed by atoms with van der Waals surface area (Å²) in [4.78, 5) is 15.2. The minimum absolute atomic E-state index is 0.111. The lowest BCUT2D eigenvalue weighted by Gasteiger charge is -2.31. The second-order valence-corrected chi connectivity index (χ2v) is 10.5. The molecule has 0 bridgehead atoms. The lowest BCUT2D eigenvalue weighted by atomic mass is 9.99. The van der Waals surface area contributed by atoms with Gasteiger partial charge in [0.25, 0.3) is 0 Å². The van der Waals surface area contributed by atoms with Crippen LogP contribution in [0.1, 0.15) is 56.6 Å². The third kappa shape index (κ3) is 3.90. The summed E-state index contributed by atoms with van der Waals surface area (Å²) in [5.74, 6) is 0.659. The topological polar surface area (TPSA) is 57.7 Å². The van der Waals surface area contributed by atoms with Crippen LogP contribution < -0.4 is 0 Å². The van der Waals surface area contributed by atoms with E-state index in [1.165, 1.54) is 6.42 Å². The van der Waals surface area contributed by atoms with Crippen LogP contribution in [-0.4, -0.2) is 49.7 Å². The largest absolute Gasteiger partial charge is 0.339 e. The molecule has 1 unspecified atom stereocenters. The SMILES string of the molecule is CC1CCCN(C(=O)C2=Cc3cc(S(=O)(=O)N4CCCCCC4)ccc3C2)C1. The van der Waals surface area contributed by atoms with Crippen LogP contribution in [0.5, 0.6) is 0 Å². The van der Waals surface area contributed by atoms with Gasteiger partial charge in [-0.15, -0.1) is 0 Å². The summed E-state index contributed by atoms with van der Waals surface area (Å²) in [7, 11) is -3.46. The second kappa shape index (κ2) is 7.99. The molecule has 0 saturated carbocycles. The van der Waals surface area contributed by atoms with Gasteiger partial charge in [0.2, 0.25) is 15.9 Å². The number of sulfonamides is 1. The van der Waals surface area contributed by atoms with Crippen molar-refractivity contribution >= 4 is 22.0 Å². The third-order valence-electron chi connectivity index (χ3n) is 6.25. The molecule has 0 N–H and O–H groups in total. The highest BCUT2D eigenvalue weighted by atomic mass is 32.2. The normalized spacial score (nSPS) is 23.8. The molecule has 1 atom stereocenters. The van der Waals surface area contributed by atoms with Crippen molar-refractivity contribution < 1.29 is 13.2 Å². The first kappa shape index (κ1) is 19.6. The fourth-order valence-electron chi connectivity index (χ4n) is 4.62. The van der Waals surface area contributed by atoms with Crippen LogP contribution in [0.2, 0.25) is 0 Å². The summed E-state index contributed by atoms with van der Waals surface area (Å²) in [5, 5.41) is 0. The summed E-state index contributed by atoms with van der Waals surface area (Å²) < 4.78 is 27.8. The van der Waals surface area contributed by atoms with E-state index in [1.807, 2.05) is 17.0 Å². The molecule has 1 aromatic carbocycles. The fraction of sp³-hybridized carbons (Fsp3) is 0.591. The maximum Gasteiger partial charge on any atom is 0.250 e. The number of carbonyl (C=O) groups excluding carboxylic acids is 1. The predicted octanol–water partition coefficient (Wildman–Crippen LogP) is 3.45. The van der Waals surface area contributed by atoms with Gasteiger partial charge in [0.1, 0.15) is 0 Å². The highest BCUT2D eigenvalue weighted by Crippen LogP contribution is 2.31. The minimum Gasteiger partial charge on any atom is -0.339 e. The quantitative estimate of drug-likeness (QED) is 0.778. The molecule has 0 radical (unpaired) electrons. The standard InChI is InChI=1S/C22H30N2O3S/c1-17-7-6-10-23(16-17)22(25)20-13-18-8-9-21(15-19(18)14-20)28(26,27)24-11-4-2-3-5-12-24/h8-9,14-15,17H,2-7,10-13,16H2,1H3. The van der Waals surface area contributed by atoms with Gasteiger partial charge < -0.3 is 4.90 Å². The van der Waals surface area contributed by atoms with E-state index >= 15 is 0 Å². The Balaban J connectivity index is 1.55. The molecule has 0 aromatic heterocycles. The molecule has 1 aromatic rings. The van der Waals surface area contributed by atoms with E-state index in [0.717, 1.165) is 61.9 Å². The van der Waals surface area contributed by atoms with Crippen LogP contribution >= 0.6 is 0 Å². The van der Waals surface area contributed by atoms with Gasteiger partial charge in [-0.25, -0.2) is 8.42 Å². The summed E-state index contributed by atoms with van der Waals surface area (Å²) in [5.41, 5.74) is 2.71. The first-order chi connectivity index (χ1) is 13.4. The first-order valence-corrected chi connectivity index (χ1v) is 12.0. The van der Waals surface area contributed by atoms with Crippen molar-refractivity contribution in [1.82, 2.24) is 9.21 Å². The van der Waals surface area contributed by atoms with E-state index in [-0.39, 0.29) is 5.91 Å². The Hall–Kier alpha value is -1.66. The number of likely N-dealkylation sites (tertiary alicyclic amines) is 1. The molecule has 4 rings (SSSR count). The number of rotatable bonds is 3. The van der Waals surface area contributed by atoms with Gasteiger partial charge in [-0.3, -0.25) is 4.79 Å². The Bertz CT molecular complexity index is 883. The van der Waals surface area contributed by atoms with Crippen molar-refractivity contribution in [3.8, 4) is 0 Å². The van der Waals surface area contributed by atoms with Crippen LogP contribution in [0, 0.1) is 5.92 Å². The lowest BCUT2D eigenvalue weighted by Crippen LogP contribution is -2.39. The number of carbonyl (C=O) groups is 1. The summed E-state index contributed by atoms with van der Waals surface area (Å²) >= 11 is 0. The molecular weight excluding hydrogens is 372 g/mol. The van der Waals surface area contributed by atoms with Crippen molar-refractivity contribution in [2.24, 2.45) is 5.92 Å². The van der Waals surface area contributed by atoms with Gasteiger partial charge in [0, 0.05) is 38.2 Å². The fourth-order valence-corrected chi connectivity index (χ4v) is 6.17. The van der Waals surface area contributed by atoms with Crippen LogP contribution in [0.15, 0.2) is 28.7 Å². The molecule has 2 aliphatic heterocycles. The van der Waals surface area contributed by atoms with E-state index in [2.05, 4.69) is 6.92 Å². The number of hydrogen-bond donors (Lipinski definition) is 0. The molecule has 28 heavy (non-hydrogen) atoms. The molecule has 1 amide bonds. The molecule has 0 spiro atoms. The van der Waals surface area contributed by atoms with Crippen molar-refractivity contribution in [3.05, 3.63) is 34.9 Å². The number of piperidine rings is 1. The lowest BCUT2D eigenvalue weighted by molar-refractivity contribution is -0.128. The Labute approximate surface area is 168 Å². The first-order valence-electron chi connectivity index (χ1n) is 10.6. The Morgan fingerprint density at radius 3 is 2.50 bits per heavy atom. The van der Waals surface area contributed by atoms with Crippen molar-refractivity contribution in [1.29, 1.82) is 0 Å². The maximum atomic E-state index is 13.1. The maximum absolute atomic E-state index is 13.1. The van der Waals surface area contributed by atoms with Crippen LogP contribution in [0.3, 0.4) is 0 Å². The molecule has 3 aliphatic rings. The number of amides is 1. The van der Waals surface area contributed by atoms with Crippen molar-refractivity contribution in [3.63, 3.8) is 0 Å². The predicted molar refractivity (Wildman–Crippen MR) is 110 cm³/mol. The molecule has 1 aliphatic carbocycles. The van der Waals surface area contributed by atoms with Gasteiger partial charge in [-0.2, -0.15) is 4.31 Å². The average Bonchev–Trinajstić information content (AvgIpc) is 2.91. The van der Waals surface area contributed by atoms with Gasteiger partial charge in [-0.05, 0) is 60.9 Å². The molecule has 152 valence electrons. The van der Waals surface area contributed by atoms with Crippen LogP contribution in [-0.2, 0) is 21.2 Å². The van der Waals surface area contributed by atoms with Gasteiger partial charge >= 0.3 is 0 Å². The van der Waals surface area contributed by atoms with Crippen molar-refractivity contribution in [2.75, 3.05) is 26.2 Å². The smallest absolute Gasteiger partial charge is 0.250 e. The zero-order valence-electron chi connectivity index (χ0n) is 16.7. The Morgan fingerprint density at radius 2 is 1.79 bits per heavy atom. The minimum atomic E-state index is -3.46. The zero-order valence-corrected chi connectivity index (χ0v) is 17.5. The monoisotopic (exact) mass is 402 g/mol. The molecular formula is C22H30N2O3S. The van der Waals surface area contributed by atoms with Crippen molar-refractivity contribution in [2.45, 2.75) is 56.8 Å². The molecule has 5 nitrogen and oxygen atoms in total. The molecule has 6 heteroatoms. The van der Waals surface area contributed by atoms with E-state index in [9.17, 15) is 13.2 Å². The van der Waals surface area contributed by atoms with E-state index in [1.54, 1.807) is 16.4 Å². The molecule has 2 fully saturated rings. The number of fused-ring (bicyclic) bond motifs is 1. The highest BCUT2D eigenvalue weighted by Gasteiger charge is 2.29. The molecule has 2 heterocycles. The second-order valence-electron chi connectivity index (χ2n) is 8.52. The van der Waals surface area contributed by atoms with Crippen LogP contribution in [0.25, 0.3) is 6.08 Å². The van der Waals surface area contributed by atoms with E-state index in [0.29, 0.717) is 30.3 Å². The summed E-state index contributed by atoms with van der Waals surface area (Å²) in [6, 6.07) is 5.35. The summed E-state index contributed by atoms with van der Waals surface area (Å²) in [6.07, 6.45) is 8.79. The van der Waals surface area contributed by atoms with Crippen LogP contribution in [0.4, 0.5) is 0 Å². The Morgan fingerprint density at radius 1 is 1.04 bits per heavy atom. The number of nitrogens with zero attached hydrogens (tertiary/aromatic N) is 2. The molecule has 2 saturated heterocycles. The highest BCUT2D eigenvalue weighted by molar-refractivity contribution is 7.89. The zero-order chi connectivity index (χ0) is 19.7. The van der Waals surface area contributed by atoms with Gasteiger partial charge in [-0.1, -0.05) is 25.8 Å². The van der Waals surface area contributed by atoms with E-state index < -0.39 is 10.0 Å². The van der Waals surface area contributed by atoms with E-state index in [4.69, 9.17) is 0 Å². The average molecular weight is 403 g/mol. The van der Waals surface area contributed by atoms with Gasteiger partial charge in [0.15, 0.2) is 0 Å². The third-order valence-corrected chi connectivity index (χ3v) is 8.14. The number of benzene rings is 1.